The molecule has 2 aromatic rings. The fourth-order valence-electron chi connectivity index (χ4n) is 3.40. The van der Waals surface area contributed by atoms with Crippen molar-refractivity contribution in [3.8, 4) is 11.5 Å². The van der Waals surface area contributed by atoms with Gasteiger partial charge < -0.3 is 9.84 Å². The zero-order valence-corrected chi connectivity index (χ0v) is 18.3. The molecule has 0 aromatic heterocycles. The molecule has 2 rings (SSSR count). The van der Waals surface area contributed by atoms with Crippen LogP contribution in [0.15, 0.2) is 54.6 Å². The van der Waals surface area contributed by atoms with Crippen molar-refractivity contribution in [3.63, 3.8) is 0 Å². The highest BCUT2D eigenvalue weighted by Gasteiger charge is 2.06. The normalized spacial score (nSPS) is 11.1. The molecule has 0 unspecified atom stereocenters. The Hall–Kier alpha value is -2.55. The van der Waals surface area contributed by atoms with E-state index in [2.05, 4.69) is 6.92 Å². The van der Waals surface area contributed by atoms with Gasteiger partial charge in [0.1, 0.15) is 11.5 Å². The molecule has 3 nitrogen and oxygen atoms in total. The van der Waals surface area contributed by atoms with Crippen molar-refractivity contribution in [2.75, 3.05) is 6.61 Å². The van der Waals surface area contributed by atoms with E-state index in [0.717, 1.165) is 24.3 Å². The Labute approximate surface area is 181 Å². The summed E-state index contributed by atoms with van der Waals surface area (Å²) < 4.78 is 5.82. The molecule has 0 aliphatic heterocycles. The van der Waals surface area contributed by atoms with Crippen LogP contribution in [0.5, 0.6) is 11.5 Å². The van der Waals surface area contributed by atoms with Crippen molar-refractivity contribution in [1.29, 1.82) is 0 Å². The number of allylic oxidation sites excluding steroid dienone is 1. The van der Waals surface area contributed by atoms with E-state index < -0.39 is 0 Å². The maximum absolute atomic E-state index is 12.2. The van der Waals surface area contributed by atoms with Gasteiger partial charge in [0.05, 0.1) is 12.2 Å². The van der Waals surface area contributed by atoms with Crippen LogP contribution in [0.3, 0.4) is 0 Å². The number of phenolic OH excluding ortho intramolecular Hbond substituents is 1. The fraction of sp³-hybridized carbons (Fsp3) is 0.444. The number of rotatable bonds is 15. The van der Waals surface area contributed by atoms with Gasteiger partial charge in [0.15, 0.2) is 5.78 Å². The van der Waals surface area contributed by atoms with Crippen LogP contribution in [0, 0.1) is 0 Å². The number of carbonyl (C=O) groups is 1. The van der Waals surface area contributed by atoms with E-state index >= 15 is 0 Å². The molecular weight excluding hydrogens is 372 g/mol. The Balaban J connectivity index is 1.60. The van der Waals surface area contributed by atoms with Crippen LogP contribution < -0.4 is 4.74 Å². The van der Waals surface area contributed by atoms with Crippen molar-refractivity contribution in [3.05, 3.63) is 65.7 Å². The van der Waals surface area contributed by atoms with Crippen molar-refractivity contribution in [2.24, 2.45) is 0 Å². The van der Waals surface area contributed by atoms with E-state index in [-0.39, 0.29) is 11.5 Å². The minimum absolute atomic E-state index is 0.00266. The number of ketones is 1. The number of benzene rings is 2. The zero-order valence-electron chi connectivity index (χ0n) is 18.3. The first-order valence-corrected chi connectivity index (χ1v) is 11.4. The maximum atomic E-state index is 12.2. The first-order chi connectivity index (χ1) is 14.7. The van der Waals surface area contributed by atoms with E-state index in [9.17, 15) is 9.90 Å². The van der Waals surface area contributed by atoms with E-state index in [1.165, 1.54) is 69.9 Å². The molecule has 0 spiro atoms. The summed E-state index contributed by atoms with van der Waals surface area (Å²) in [6.45, 7) is 3.01. The van der Waals surface area contributed by atoms with Gasteiger partial charge in [-0.3, -0.25) is 4.79 Å². The molecule has 0 atom stereocenters. The fourth-order valence-corrected chi connectivity index (χ4v) is 3.40. The van der Waals surface area contributed by atoms with Crippen LogP contribution >= 0.6 is 0 Å². The smallest absolute Gasteiger partial charge is 0.189 e. The summed E-state index contributed by atoms with van der Waals surface area (Å²) >= 11 is 0. The third-order valence-electron chi connectivity index (χ3n) is 5.24. The van der Waals surface area contributed by atoms with Gasteiger partial charge in [-0.15, -0.1) is 0 Å². The van der Waals surface area contributed by atoms with Gasteiger partial charge in [0, 0.05) is 0 Å². The number of ether oxygens (including phenoxy) is 1. The highest BCUT2D eigenvalue weighted by molar-refractivity contribution is 6.08. The number of aromatic hydroxyl groups is 1. The highest BCUT2D eigenvalue weighted by Crippen LogP contribution is 2.18. The lowest BCUT2D eigenvalue weighted by molar-refractivity contribution is 0.104. The predicted molar refractivity (Wildman–Crippen MR) is 125 cm³/mol. The summed E-state index contributed by atoms with van der Waals surface area (Å²) in [4.78, 5) is 12.2. The molecule has 0 heterocycles. The molecule has 0 aliphatic carbocycles. The van der Waals surface area contributed by atoms with Gasteiger partial charge in [-0.05, 0) is 42.3 Å². The largest absolute Gasteiger partial charge is 0.507 e. The summed E-state index contributed by atoms with van der Waals surface area (Å²) in [6.07, 6.45) is 16.4. The van der Waals surface area contributed by atoms with Crippen molar-refractivity contribution in [2.45, 2.75) is 71.1 Å². The third kappa shape index (κ3) is 9.30. The number of carbonyl (C=O) groups excluding carboxylic acids is 1. The second kappa shape index (κ2) is 14.4. The molecule has 0 saturated carbocycles. The third-order valence-corrected chi connectivity index (χ3v) is 5.24. The summed E-state index contributed by atoms with van der Waals surface area (Å²) in [6, 6.07) is 14.3. The quantitative estimate of drug-likeness (QED) is 0.188. The standard InChI is InChI=1S/C27H36O3/c1-2-3-4-5-6-7-8-9-10-13-22-30-24-19-16-23(17-20-24)18-21-27(29)25-14-11-12-15-26(25)28/h11-12,14-21,28H,2-10,13,22H2,1H3/b21-18+. The predicted octanol–water partition coefficient (Wildman–Crippen LogP) is 7.59. The van der Waals surface area contributed by atoms with Crippen LogP contribution in [0.25, 0.3) is 6.08 Å². The monoisotopic (exact) mass is 408 g/mol. The number of para-hydroxylation sites is 1. The first-order valence-electron chi connectivity index (χ1n) is 11.4. The summed E-state index contributed by atoms with van der Waals surface area (Å²) in [5.41, 5.74) is 1.23. The van der Waals surface area contributed by atoms with E-state index in [0.29, 0.717) is 5.56 Å². The average molecular weight is 409 g/mol. The molecule has 162 valence electrons. The van der Waals surface area contributed by atoms with Crippen molar-refractivity contribution >= 4 is 11.9 Å². The molecule has 0 saturated heterocycles. The molecule has 0 radical (unpaired) electrons. The minimum atomic E-state index is -0.214. The lowest BCUT2D eigenvalue weighted by Crippen LogP contribution is -1.97. The van der Waals surface area contributed by atoms with E-state index in [4.69, 9.17) is 4.74 Å². The molecule has 30 heavy (non-hydrogen) atoms. The van der Waals surface area contributed by atoms with Gasteiger partial charge in [-0.2, -0.15) is 0 Å². The molecule has 0 aliphatic rings. The van der Waals surface area contributed by atoms with Crippen LogP contribution in [-0.4, -0.2) is 17.5 Å². The molecule has 0 bridgehead atoms. The van der Waals surface area contributed by atoms with Gasteiger partial charge in [0.2, 0.25) is 0 Å². The number of hydrogen-bond donors (Lipinski definition) is 1. The molecule has 0 amide bonds. The Bertz CT molecular complexity index is 762. The average Bonchev–Trinajstić information content (AvgIpc) is 2.77. The summed E-state index contributed by atoms with van der Waals surface area (Å²) in [7, 11) is 0. The molecular formula is C27H36O3. The number of phenols is 1. The second-order valence-corrected chi connectivity index (χ2v) is 7.81. The Morgan fingerprint density at radius 3 is 2.07 bits per heavy atom. The number of hydrogen-bond acceptors (Lipinski definition) is 3. The van der Waals surface area contributed by atoms with Crippen LogP contribution in [0.1, 0.15) is 87.1 Å². The van der Waals surface area contributed by atoms with E-state index in [1.54, 1.807) is 24.3 Å². The van der Waals surface area contributed by atoms with Crippen LogP contribution in [0.4, 0.5) is 0 Å². The zero-order chi connectivity index (χ0) is 21.4. The van der Waals surface area contributed by atoms with Gasteiger partial charge in [0.25, 0.3) is 0 Å². The lowest BCUT2D eigenvalue weighted by atomic mass is 10.1. The molecule has 0 fully saturated rings. The van der Waals surface area contributed by atoms with Crippen LogP contribution in [-0.2, 0) is 0 Å². The second-order valence-electron chi connectivity index (χ2n) is 7.81. The maximum Gasteiger partial charge on any atom is 0.189 e. The number of unbranched alkanes of at least 4 members (excludes halogenated alkanes) is 9. The highest BCUT2D eigenvalue weighted by atomic mass is 16.5. The van der Waals surface area contributed by atoms with Gasteiger partial charge in [-0.25, -0.2) is 0 Å². The van der Waals surface area contributed by atoms with E-state index in [1.807, 2.05) is 24.3 Å². The summed E-state index contributed by atoms with van der Waals surface area (Å²) in [5, 5.41) is 9.75. The van der Waals surface area contributed by atoms with Crippen LogP contribution in [0.2, 0.25) is 0 Å². The topological polar surface area (TPSA) is 46.5 Å². The van der Waals surface area contributed by atoms with Crippen molar-refractivity contribution < 1.29 is 14.6 Å². The molecule has 1 N–H and O–H groups in total. The SMILES string of the molecule is CCCCCCCCCCCCOc1ccc(/C=C/C(=O)c2ccccc2O)cc1. The Kier molecular flexibility index (Phi) is 11.4. The summed E-state index contributed by atoms with van der Waals surface area (Å²) in [5.74, 6) is 0.646. The van der Waals surface area contributed by atoms with Crippen molar-refractivity contribution in [1.82, 2.24) is 0 Å². The molecule has 2 aromatic carbocycles. The van der Waals surface area contributed by atoms with Gasteiger partial charge >= 0.3 is 0 Å². The molecule has 3 heteroatoms. The first kappa shape index (κ1) is 23.7. The minimum Gasteiger partial charge on any atom is -0.507 e. The Morgan fingerprint density at radius 2 is 1.43 bits per heavy atom. The van der Waals surface area contributed by atoms with Gasteiger partial charge in [-0.1, -0.05) is 95.1 Å². The Morgan fingerprint density at radius 1 is 0.833 bits per heavy atom. The lowest BCUT2D eigenvalue weighted by Gasteiger charge is -2.06.